The first-order valence-corrected chi connectivity index (χ1v) is 10.4. The molecule has 1 aromatic carbocycles. The first-order chi connectivity index (χ1) is 15.6. The van der Waals surface area contributed by atoms with E-state index >= 15 is 0 Å². The summed E-state index contributed by atoms with van der Waals surface area (Å²) in [6.07, 6.45) is -0.526. The van der Waals surface area contributed by atoms with E-state index in [2.05, 4.69) is 0 Å². The quantitative estimate of drug-likeness (QED) is 0.496. The van der Waals surface area contributed by atoms with Crippen molar-refractivity contribution in [2.45, 2.75) is 39.2 Å². The number of nitrogens with zero attached hydrogens (tertiary/aromatic N) is 1. The van der Waals surface area contributed by atoms with Gasteiger partial charge in [-0.25, -0.2) is 9.59 Å². The van der Waals surface area contributed by atoms with Crippen molar-refractivity contribution in [3.63, 3.8) is 0 Å². The number of ether oxygens (including phenoxy) is 4. The second-order valence-corrected chi connectivity index (χ2v) is 7.68. The smallest absolute Gasteiger partial charge is 0.340 e. The fraction of sp³-hybridized carbons (Fsp3) is 0.391. The molecule has 0 aromatic heterocycles. The van der Waals surface area contributed by atoms with Crippen LogP contribution in [-0.4, -0.2) is 50.2 Å². The molecule has 10 heteroatoms. The van der Waals surface area contributed by atoms with E-state index in [1.54, 1.807) is 45.0 Å². The number of benzene rings is 1. The standard InChI is InChI=1S/C23H26N2O8/c1-6-31-16(26)11-25-15-10-8-7-9-14(15)23(22(25)29)17(21(28)32-12(2)3)13(4)33-19(24)18(23)20(27)30-5/h7-10,12H,6,11,24H2,1-5H3. The van der Waals surface area contributed by atoms with Crippen molar-refractivity contribution >= 4 is 29.5 Å². The number of fused-ring (bicyclic) bond motifs is 2. The number of hydrogen-bond donors (Lipinski definition) is 1. The highest BCUT2D eigenvalue weighted by atomic mass is 16.6. The molecule has 1 aromatic rings. The molecule has 0 fully saturated rings. The normalized spacial score (nSPS) is 19.6. The molecule has 3 rings (SSSR count). The van der Waals surface area contributed by atoms with E-state index in [0.717, 1.165) is 12.0 Å². The minimum atomic E-state index is -2.03. The summed E-state index contributed by atoms with van der Waals surface area (Å²) in [4.78, 5) is 53.8. The van der Waals surface area contributed by atoms with Gasteiger partial charge in [0.15, 0.2) is 0 Å². The van der Waals surface area contributed by atoms with Gasteiger partial charge in [0, 0.05) is 11.3 Å². The number of carbonyl (C=O) groups is 4. The van der Waals surface area contributed by atoms with Crippen LogP contribution < -0.4 is 10.6 Å². The summed E-state index contributed by atoms with van der Waals surface area (Å²) in [5.74, 6) is -3.63. The molecular weight excluding hydrogens is 432 g/mol. The molecule has 2 aliphatic heterocycles. The minimum absolute atomic E-state index is 0.00746. The number of amides is 1. The Morgan fingerprint density at radius 3 is 2.42 bits per heavy atom. The van der Waals surface area contributed by atoms with Crippen LogP contribution in [0.3, 0.4) is 0 Å². The third-order valence-corrected chi connectivity index (χ3v) is 5.31. The number of hydrogen-bond acceptors (Lipinski definition) is 9. The van der Waals surface area contributed by atoms with Gasteiger partial charge in [0.2, 0.25) is 11.8 Å². The van der Waals surface area contributed by atoms with E-state index in [0.29, 0.717) is 5.69 Å². The lowest BCUT2D eigenvalue weighted by Crippen LogP contribution is -2.51. The second-order valence-electron chi connectivity index (χ2n) is 7.68. The van der Waals surface area contributed by atoms with Gasteiger partial charge in [-0.2, -0.15) is 0 Å². The maximum absolute atomic E-state index is 14.1. The zero-order valence-electron chi connectivity index (χ0n) is 19.1. The first-order valence-electron chi connectivity index (χ1n) is 10.4. The Morgan fingerprint density at radius 1 is 1.15 bits per heavy atom. The molecule has 2 heterocycles. The fourth-order valence-corrected chi connectivity index (χ4v) is 4.20. The Bertz CT molecular complexity index is 1090. The number of allylic oxidation sites excluding steroid dienone is 1. The van der Waals surface area contributed by atoms with Gasteiger partial charge in [-0.15, -0.1) is 0 Å². The molecule has 1 amide bonds. The first kappa shape index (κ1) is 23.8. The average molecular weight is 458 g/mol. The number of esters is 3. The van der Waals surface area contributed by atoms with Crippen LogP contribution >= 0.6 is 0 Å². The highest BCUT2D eigenvalue weighted by Crippen LogP contribution is 2.54. The number of para-hydroxylation sites is 1. The molecular formula is C23H26N2O8. The van der Waals surface area contributed by atoms with Crippen LogP contribution in [0, 0.1) is 0 Å². The summed E-state index contributed by atoms with van der Waals surface area (Å²) >= 11 is 0. The molecule has 33 heavy (non-hydrogen) atoms. The molecule has 2 aliphatic rings. The zero-order chi connectivity index (χ0) is 24.5. The third-order valence-electron chi connectivity index (χ3n) is 5.31. The Hall–Kier alpha value is -3.82. The molecule has 1 atom stereocenters. The lowest BCUT2D eigenvalue weighted by Gasteiger charge is -2.36. The van der Waals surface area contributed by atoms with E-state index in [9.17, 15) is 19.2 Å². The average Bonchev–Trinajstić information content (AvgIpc) is 2.96. The summed E-state index contributed by atoms with van der Waals surface area (Å²) in [6, 6.07) is 6.48. The highest BCUT2D eigenvalue weighted by Gasteiger charge is 2.64. The van der Waals surface area contributed by atoms with Crippen molar-refractivity contribution in [1.82, 2.24) is 0 Å². The molecule has 0 bridgehead atoms. The predicted octanol–water partition coefficient (Wildman–Crippen LogP) is 1.43. The van der Waals surface area contributed by atoms with Gasteiger partial charge < -0.3 is 24.7 Å². The molecule has 10 nitrogen and oxygen atoms in total. The molecule has 176 valence electrons. The largest absolute Gasteiger partial charge is 0.465 e. The van der Waals surface area contributed by atoms with Gasteiger partial charge in [-0.05, 0) is 33.8 Å². The van der Waals surface area contributed by atoms with Crippen LogP contribution in [0.2, 0.25) is 0 Å². The van der Waals surface area contributed by atoms with Crippen LogP contribution in [0.25, 0.3) is 0 Å². The summed E-state index contributed by atoms with van der Waals surface area (Å²) in [5.41, 5.74) is 4.05. The van der Waals surface area contributed by atoms with Crippen molar-refractivity contribution in [2.75, 3.05) is 25.2 Å². The number of rotatable bonds is 6. The van der Waals surface area contributed by atoms with E-state index in [1.165, 1.54) is 6.92 Å². The van der Waals surface area contributed by atoms with E-state index < -0.39 is 41.9 Å². The van der Waals surface area contributed by atoms with Gasteiger partial charge in [-0.3, -0.25) is 14.5 Å². The Balaban J connectivity index is 2.36. The lowest BCUT2D eigenvalue weighted by atomic mass is 9.67. The molecule has 0 saturated heterocycles. The van der Waals surface area contributed by atoms with E-state index in [1.807, 2.05) is 0 Å². The summed E-state index contributed by atoms with van der Waals surface area (Å²) < 4.78 is 20.9. The minimum Gasteiger partial charge on any atom is -0.465 e. The van der Waals surface area contributed by atoms with E-state index in [-0.39, 0.29) is 35.0 Å². The highest BCUT2D eigenvalue weighted by molar-refractivity contribution is 6.23. The van der Waals surface area contributed by atoms with Crippen LogP contribution in [0.15, 0.2) is 47.1 Å². The van der Waals surface area contributed by atoms with Crippen LogP contribution in [0.4, 0.5) is 5.69 Å². The van der Waals surface area contributed by atoms with Gasteiger partial charge in [0.25, 0.3) is 0 Å². The number of anilines is 1. The van der Waals surface area contributed by atoms with E-state index in [4.69, 9.17) is 24.7 Å². The topological polar surface area (TPSA) is 134 Å². The summed E-state index contributed by atoms with van der Waals surface area (Å²) in [6.45, 7) is 6.06. The van der Waals surface area contributed by atoms with Gasteiger partial charge >= 0.3 is 17.9 Å². The van der Waals surface area contributed by atoms with Gasteiger partial charge in [0.05, 0.1) is 19.8 Å². The van der Waals surface area contributed by atoms with Gasteiger partial charge in [0.1, 0.15) is 28.9 Å². The number of methoxy groups -OCH3 is 1. The summed E-state index contributed by atoms with van der Waals surface area (Å²) in [7, 11) is 1.12. The fourth-order valence-electron chi connectivity index (χ4n) is 4.20. The summed E-state index contributed by atoms with van der Waals surface area (Å²) in [5, 5.41) is 0. The van der Waals surface area contributed by atoms with Crippen molar-refractivity contribution in [1.29, 1.82) is 0 Å². The Morgan fingerprint density at radius 2 is 1.82 bits per heavy atom. The second kappa shape index (κ2) is 8.97. The SMILES string of the molecule is CCOC(=O)CN1C(=O)C2(C(C(=O)OC(C)C)=C(C)OC(N)=C2C(=O)OC)c2ccccc21. The molecule has 0 radical (unpaired) electrons. The molecule has 1 spiro atoms. The van der Waals surface area contributed by atoms with Crippen molar-refractivity contribution < 1.29 is 38.1 Å². The van der Waals surface area contributed by atoms with Gasteiger partial charge in [-0.1, -0.05) is 18.2 Å². The number of nitrogens with two attached hydrogens (primary N) is 1. The maximum atomic E-state index is 14.1. The molecule has 0 saturated carbocycles. The van der Waals surface area contributed by atoms with Crippen LogP contribution in [-0.2, 0) is 43.5 Å². The molecule has 0 aliphatic carbocycles. The zero-order valence-corrected chi connectivity index (χ0v) is 19.1. The Kier molecular flexibility index (Phi) is 6.48. The molecule has 1 unspecified atom stereocenters. The van der Waals surface area contributed by atoms with Crippen molar-refractivity contribution in [2.24, 2.45) is 5.73 Å². The van der Waals surface area contributed by atoms with Crippen LogP contribution in [0.5, 0.6) is 0 Å². The van der Waals surface area contributed by atoms with Crippen LogP contribution in [0.1, 0.15) is 33.3 Å². The third kappa shape index (κ3) is 3.71. The number of carbonyl (C=O) groups excluding carboxylic acids is 4. The van der Waals surface area contributed by atoms with Crippen molar-refractivity contribution in [3.05, 3.63) is 52.6 Å². The maximum Gasteiger partial charge on any atom is 0.340 e. The molecule has 2 N–H and O–H groups in total. The van der Waals surface area contributed by atoms with Crippen molar-refractivity contribution in [3.8, 4) is 0 Å². The lowest BCUT2D eigenvalue weighted by molar-refractivity contribution is -0.145. The monoisotopic (exact) mass is 458 g/mol. The Labute approximate surface area is 190 Å². The predicted molar refractivity (Wildman–Crippen MR) is 115 cm³/mol.